The Bertz CT molecular complexity index is 1140. The molecule has 3 aromatic heterocycles. The van der Waals surface area contributed by atoms with Crippen molar-refractivity contribution in [2.45, 2.75) is 33.2 Å². The van der Waals surface area contributed by atoms with E-state index >= 15 is 0 Å². The minimum Gasteiger partial charge on any atom is -0.277 e. The molecule has 29 heavy (non-hydrogen) atoms. The number of amides is 1. The molecule has 0 saturated heterocycles. The highest BCUT2D eigenvalue weighted by molar-refractivity contribution is 7.22. The van der Waals surface area contributed by atoms with Gasteiger partial charge in [0.25, 0.3) is 5.91 Å². The normalized spacial score (nSPS) is 11.3. The van der Waals surface area contributed by atoms with E-state index in [4.69, 9.17) is 4.98 Å². The van der Waals surface area contributed by atoms with Crippen LogP contribution in [0.15, 0.2) is 48.8 Å². The van der Waals surface area contributed by atoms with Crippen molar-refractivity contribution in [3.8, 4) is 0 Å². The maximum Gasteiger partial charge on any atom is 0.278 e. The molecular weight excluding hydrogens is 382 g/mol. The molecule has 148 valence electrons. The molecule has 1 amide bonds. The predicted octanol–water partition coefficient (Wildman–Crippen LogP) is 4.70. The number of benzene rings is 1. The lowest BCUT2D eigenvalue weighted by molar-refractivity contribution is 0.0975. The number of nitrogens with zero attached hydrogens (tertiary/aromatic N) is 5. The molecule has 0 aliphatic carbocycles. The predicted molar refractivity (Wildman–Crippen MR) is 116 cm³/mol. The van der Waals surface area contributed by atoms with Crippen LogP contribution in [0.2, 0.25) is 0 Å². The summed E-state index contributed by atoms with van der Waals surface area (Å²) in [5.41, 5.74) is 4.36. The van der Waals surface area contributed by atoms with Crippen molar-refractivity contribution in [2.24, 2.45) is 7.05 Å². The van der Waals surface area contributed by atoms with Gasteiger partial charge in [0, 0.05) is 13.2 Å². The van der Waals surface area contributed by atoms with E-state index in [1.54, 1.807) is 29.0 Å². The van der Waals surface area contributed by atoms with Crippen LogP contribution in [-0.4, -0.2) is 25.7 Å². The summed E-state index contributed by atoms with van der Waals surface area (Å²) in [7, 11) is 1.79. The third kappa shape index (κ3) is 3.65. The third-order valence-electron chi connectivity index (χ3n) is 4.91. The lowest BCUT2D eigenvalue weighted by Crippen LogP contribution is -2.32. The number of thiazole rings is 1. The Balaban J connectivity index is 1.83. The van der Waals surface area contributed by atoms with Gasteiger partial charge in [-0.25, -0.2) is 4.98 Å². The van der Waals surface area contributed by atoms with Crippen molar-refractivity contribution >= 4 is 32.6 Å². The van der Waals surface area contributed by atoms with Crippen LogP contribution in [0.3, 0.4) is 0 Å². The van der Waals surface area contributed by atoms with E-state index in [2.05, 4.69) is 42.1 Å². The summed E-state index contributed by atoms with van der Waals surface area (Å²) in [5.74, 6) is 0.228. The van der Waals surface area contributed by atoms with E-state index in [0.29, 0.717) is 23.3 Å². The molecule has 4 aromatic rings. The second-order valence-electron chi connectivity index (χ2n) is 7.36. The van der Waals surface area contributed by atoms with Crippen molar-refractivity contribution in [3.05, 3.63) is 71.3 Å². The summed E-state index contributed by atoms with van der Waals surface area (Å²) >= 11 is 1.53. The third-order valence-corrected chi connectivity index (χ3v) is 5.95. The second-order valence-corrected chi connectivity index (χ2v) is 8.37. The molecule has 0 spiro atoms. The van der Waals surface area contributed by atoms with Gasteiger partial charge < -0.3 is 0 Å². The van der Waals surface area contributed by atoms with E-state index in [0.717, 1.165) is 21.5 Å². The van der Waals surface area contributed by atoms with Crippen LogP contribution in [0.5, 0.6) is 0 Å². The number of rotatable bonds is 5. The van der Waals surface area contributed by atoms with Crippen LogP contribution >= 0.6 is 11.3 Å². The lowest BCUT2D eigenvalue weighted by atomic mass is 10.0. The zero-order valence-corrected chi connectivity index (χ0v) is 17.8. The molecule has 0 aliphatic rings. The quantitative estimate of drug-likeness (QED) is 0.483. The molecular formula is C22H23N5OS. The molecule has 0 unspecified atom stereocenters. The Hall–Kier alpha value is -3.06. The number of pyridine rings is 1. The lowest BCUT2D eigenvalue weighted by Gasteiger charge is -2.20. The summed E-state index contributed by atoms with van der Waals surface area (Å²) in [4.78, 5) is 24.6. The molecule has 0 bridgehead atoms. The van der Waals surface area contributed by atoms with Gasteiger partial charge in [-0.2, -0.15) is 5.10 Å². The van der Waals surface area contributed by atoms with Crippen LogP contribution in [0.1, 0.15) is 47.1 Å². The summed E-state index contributed by atoms with van der Waals surface area (Å²) in [6.07, 6.45) is 3.45. The van der Waals surface area contributed by atoms with Crippen LogP contribution in [0.4, 0.5) is 5.13 Å². The van der Waals surface area contributed by atoms with E-state index < -0.39 is 0 Å². The number of hydrogen-bond acceptors (Lipinski definition) is 5. The topological polar surface area (TPSA) is 63.9 Å². The van der Waals surface area contributed by atoms with E-state index in [1.165, 1.54) is 16.9 Å². The van der Waals surface area contributed by atoms with Crippen molar-refractivity contribution in [1.29, 1.82) is 0 Å². The smallest absolute Gasteiger partial charge is 0.277 e. The monoisotopic (exact) mass is 405 g/mol. The van der Waals surface area contributed by atoms with E-state index in [9.17, 15) is 4.79 Å². The average Bonchev–Trinajstić information content (AvgIpc) is 3.29. The Morgan fingerprint density at radius 3 is 2.69 bits per heavy atom. The first-order valence-corrected chi connectivity index (χ1v) is 10.4. The maximum atomic E-state index is 13.6. The van der Waals surface area contributed by atoms with Gasteiger partial charge in [-0.3, -0.25) is 19.4 Å². The van der Waals surface area contributed by atoms with Gasteiger partial charge in [0.1, 0.15) is 5.69 Å². The fraction of sp³-hybridized carbons (Fsp3) is 0.273. The van der Waals surface area contributed by atoms with Gasteiger partial charge in [0.05, 0.1) is 28.7 Å². The highest BCUT2D eigenvalue weighted by atomic mass is 32.1. The molecule has 0 atom stereocenters. The molecule has 0 fully saturated rings. The maximum absolute atomic E-state index is 13.6. The van der Waals surface area contributed by atoms with Crippen molar-refractivity contribution in [1.82, 2.24) is 19.7 Å². The van der Waals surface area contributed by atoms with Gasteiger partial charge in [0.15, 0.2) is 5.13 Å². The number of aryl methyl sites for hydroxylation is 2. The van der Waals surface area contributed by atoms with Crippen molar-refractivity contribution in [2.75, 3.05) is 4.90 Å². The summed E-state index contributed by atoms with van der Waals surface area (Å²) < 4.78 is 2.70. The fourth-order valence-corrected chi connectivity index (χ4v) is 4.40. The first kappa shape index (κ1) is 19.3. The number of aromatic nitrogens is 4. The molecule has 7 heteroatoms. The van der Waals surface area contributed by atoms with Crippen LogP contribution in [0.25, 0.3) is 10.2 Å². The molecule has 0 saturated carbocycles. The standard InChI is InChI=1S/C22H23N5OS/c1-14(2)17-9-7-10-18-19(17)25-22(29-18)27(13-16-8-5-6-11-23-16)21(28)20-15(3)12-24-26(20)4/h5-12,14H,13H2,1-4H3. The number of carbonyl (C=O) groups excluding carboxylic acids is 1. The Kier molecular flexibility index (Phi) is 5.15. The number of carbonyl (C=O) groups is 1. The Morgan fingerprint density at radius 1 is 1.21 bits per heavy atom. The van der Waals surface area contributed by atoms with Gasteiger partial charge in [-0.05, 0) is 42.2 Å². The zero-order chi connectivity index (χ0) is 20.5. The van der Waals surface area contributed by atoms with E-state index in [1.807, 2.05) is 25.1 Å². The Labute approximate surface area is 173 Å². The summed E-state index contributed by atoms with van der Waals surface area (Å²) in [6.45, 7) is 6.56. The molecule has 3 heterocycles. The number of hydrogen-bond donors (Lipinski definition) is 0. The molecule has 1 aromatic carbocycles. The molecule has 0 radical (unpaired) electrons. The second kappa shape index (κ2) is 7.75. The summed E-state index contributed by atoms with van der Waals surface area (Å²) in [6, 6.07) is 11.9. The minimum atomic E-state index is -0.127. The first-order valence-electron chi connectivity index (χ1n) is 9.55. The molecule has 0 aliphatic heterocycles. The first-order chi connectivity index (χ1) is 14.0. The van der Waals surface area contributed by atoms with Crippen molar-refractivity contribution < 1.29 is 4.79 Å². The van der Waals surface area contributed by atoms with Gasteiger partial charge in [0.2, 0.25) is 0 Å². The van der Waals surface area contributed by atoms with Gasteiger partial charge >= 0.3 is 0 Å². The zero-order valence-electron chi connectivity index (χ0n) is 17.0. The van der Waals surface area contributed by atoms with Gasteiger partial charge in [-0.15, -0.1) is 0 Å². The highest BCUT2D eigenvalue weighted by Gasteiger charge is 2.26. The molecule has 0 N–H and O–H groups in total. The SMILES string of the molecule is Cc1cnn(C)c1C(=O)N(Cc1ccccn1)c1nc2c(C(C)C)cccc2s1. The van der Waals surface area contributed by atoms with Crippen LogP contribution in [0, 0.1) is 6.92 Å². The average molecular weight is 406 g/mol. The van der Waals surface area contributed by atoms with Crippen LogP contribution in [-0.2, 0) is 13.6 Å². The fourth-order valence-electron chi connectivity index (χ4n) is 3.40. The summed E-state index contributed by atoms with van der Waals surface area (Å²) in [5, 5.41) is 4.91. The number of anilines is 1. The molecule has 6 nitrogen and oxygen atoms in total. The van der Waals surface area contributed by atoms with Crippen molar-refractivity contribution in [3.63, 3.8) is 0 Å². The number of para-hydroxylation sites is 1. The minimum absolute atomic E-state index is 0.127. The largest absolute Gasteiger partial charge is 0.278 e. The highest BCUT2D eigenvalue weighted by Crippen LogP contribution is 2.34. The Morgan fingerprint density at radius 2 is 2.03 bits per heavy atom. The number of fused-ring (bicyclic) bond motifs is 1. The van der Waals surface area contributed by atoms with Crippen LogP contribution < -0.4 is 4.90 Å². The molecule has 4 rings (SSSR count). The van der Waals surface area contributed by atoms with E-state index in [-0.39, 0.29) is 5.91 Å². The van der Waals surface area contributed by atoms with Gasteiger partial charge in [-0.1, -0.05) is 43.4 Å².